The average Bonchev–Trinajstić information content (AvgIpc) is 2.46. The molecule has 20 heavy (non-hydrogen) atoms. The third-order valence-electron chi connectivity index (χ3n) is 3.67. The first-order valence-electron chi connectivity index (χ1n) is 7.24. The summed E-state index contributed by atoms with van der Waals surface area (Å²) in [5.41, 5.74) is 4.67. The Morgan fingerprint density at radius 3 is 2.30 bits per heavy atom. The van der Waals surface area contributed by atoms with Crippen LogP contribution < -0.4 is 5.32 Å². The van der Waals surface area contributed by atoms with Gasteiger partial charge in [-0.05, 0) is 54.3 Å². The molecule has 0 saturated heterocycles. The molecule has 0 heterocycles. The van der Waals surface area contributed by atoms with E-state index in [9.17, 15) is 4.39 Å². The van der Waals surface area contributed by atoms with Gasteiger partial charge >= 0.3 is 0 Å². The lowest BCUT2D eigenvalue weighted by molar-refractivity contribution is 0.610. The van der Waals surface area contributed by atoms with Gasteiger partial charge < -0.3 is 5.32 Å². The second-order valence-electron chi connectivity index (χ2n) is 5.09. The van der Waals surface area contributed by atoms with E-state index >= 15 is 0 Å². The lowest BCUT2D eigenvalue weighted by Gasteiger charge is -2.21. The maximum atomic E-state index is 13.3. The molecular weight excluding hydrogens is 249 g/mol. The van der Waals surface area contributed by atoms with Gasteiger partial charge in [0.15, 0.2) is 0 Å². The van der Waals surface area contributed by atoms with E-state index in [1.165, 1.54) is 17.2 Å². The van der Waals surface area contributed by atoms with Crippen LogP contribution in [0.15, 0.2) is 42.5 Å². The van der Waals surface area contributed by atoms with Crippen LogP contribution in [0.25, 0.3) is 0 Å². The smallest absolute Gasteiger partial charge is 0.123 e. The highest BCUT2D eigenvalue weighted by Crippen LogP contribution is 2.25. The highest BCUT2D eigenvalue weighted by atomic mass is 19.1. The van der Waals surface area contributed by atoms with Crippen molar-refractivity contribution in [2.24, 2.45) is 0 Å². The summed E-state index contributed by atoms with van der Waals surface area (Å²) < 4.78 is 13.3. The van der Waals surface area contributed by atoms with Gasteiger partial charge in [0.2, 0.25) is 0 Å². The second kappa shape index (κ2) is 6.67. The molecule has 0 aliphatic heterocycles. The van der Waals surface area contributed by atoms with E-state index < -0.39 is 0 Å². The Labute approximate surface area is 120 Å². The topological polar surface area (TPSA) is 12.0 Å². The van der Waals surface area contributed by atoms with Crippen molar-refractivity contribution >= 4 is 0 Å². The van der Waals surface area contributed by atoms with Gasteiger partial charge in [-0.1, -0.05) is 44.2 Å². The van der Waals surface area contributed by atoms with E-state index in [2.05, 4.69) is 43.4 Å². The number of halogens is 1. The maximum absolute atomic E-state index is 13.3. The van der Waals surface area contributed by atoms with Crippen LogP contribution in [0.2, 0.25) is 0 Å². The number of hydrogen-bond acceptors (Lipinski definition) is 1. The van der Waals surface area contributed by atoms with Gasteiger partial charge in [-0.25, -0.2) is 4.39 Å². The van der Waals surface area contributed by atoms with Crippen LogP contribution in [0.3, 0.4) is 0 Å². The van der Waals surface area contributed by atoms with Crippen molar-refractivity contribution in [1.29, 1.82) is 0 Å². The molecule has 0 radical (unpaired) electrons. The summed E-state index contributed by atoms with van der Waals surface area (Å²) in [5.74, 6) is -0.178. The predicted molar refractivity (Wildman–Crippen MR) is 82.5 cm³/mol. The summed E-state index contributed by atoms with van der Waals surface area (Å²) in [6.45, 7) is 7.08. The lowest BCUT2D eigenvalue weighted by Crippen LogP contribution is -2.22. The fraction of sp³-hybridized carbons (Fsp3) is 0.333. The number of hydrogen-bond donors (Lipinski definition) is 1. The molecule has 0 fully saturated rings. The van der Waals surface area contributed by atoms with Crippen LogP contribution in [-0.4, -0.2) is 6.54 Å². The molecule has 2 rings (SSSR count). The number of aryl methyl sites for hydroxylation is 2. The molecule has 2 heteroatoms. The molecule has 0 aliphatic carbocycles. The van der Waals surface area contributed by atoms with Gasteiger partial charge in [0.05, 0.1) is 6.04 Å². The summed E-state index contributed by atoms with van der Waals surface area (Å²) in [6, 6.07) is 13.8. The van der Waals surface area contributed by atoms with Crippen molar-refractivity contribution in [3.05, 3.63) is 70.5 Å². The normalized spacial score (nSPS) is 12.4. The van der Waals surface area contributed by atoms with Gasteiger partial charge in [0.1, 0.15) is 5.82 Å². The third kappa shape index (κ3) is 3.26. The summed E-state index contributed by atoms with van der Waals surface area (Å²) in [5, 5.41) is 3.49. The first-order valence-corrected chi connectivity index (χ1v) is 7.24. The molecule has 0 spiro atoms. The monoisotopic (exact) mass is 271 g/mol. The van der Waals surface area contributed by atoms with E-state index in [0.717, 1.165) is 24.1 Å². The largest absolute Gasteiger partial charge is 0.307 e. The fourth-order valence-corrected chi connectivity index (χ4v) is 2.52. The third-order valence-corrected chi connectivity index (χ3v) is 3.67. The Morgan fingerprint density at radius 1 is 1.05 bits per heavy atom. The molecule has 2 aromatic carbocycles. The molecule has 1 atom stereocenters. The number of benzene rings is 2. The van der Waals surface area contributed by atoms with Crippen LogP contribution in [0.1, 0.15) is 42.1 Å². The first kappa shape index (κ1) is 14.7. The van der Waals surface area contributed by atoms with Crippen molar-refractivity contribution in [3.8, 4) is 0 Å². The molecular formula is C18H22FN. The highest BCUT2D eigenvalue weighted by molar-refractivity contribution is 5.38. The van der Waals surface area contributed by atoms with Crippen molar-refractivity contribution < 1.29 is 4.39 Å². The molecule has 1 unspecified atom stereocenters. The Balaban J connectivity index is 2.38. The van der Waals surface area contributed by atoms with Crippen molar-refractivity contribution in [1.82, 2.24) is 5.32 Å². The van der Waals surface area contributed by atoms with Gasteiger partial charge in [-0.2, -0.15) is 0 Å². The molecule has 1 N–H and O–H groups in total. The second-order valence-corrected chi connectivity index (χ2v) is 5.09. The SMILES string of the molecule is CCNC(c1ccc(CC)cc1)c1ccc(F)cc1C. The van der Waals surface area contributed by atoms with Gasteiger partial charge in [0.25, 0.3) is 0 Å². The first-order chi connectivity index (χ1) is 9.65. The van der Waals surface area contributed by atoms with E-state index in [4.69, 9.17) is 0 Å². The maximum Gasteiger partial charge on any atom is 0.123 e. The summed E-state index contributed by atoms with van der Waals surface area (Å²) >= 11 is 0. The van der Waals surface area contributed by atoms with Gasteiger partial charge in [-0.3, -0.25) is 0 Å². The molecule has 0 amide bonds. The molecule has 0 aliphatic rings. The molecule has 0 bridgehead atoms. The fourth-order valence-electron chi connectivity index (χ4n) is 2.52. The van der Waals surface area contributed by atoms with Crippen LogP contribution >= 0.6 is 0 Å². The van der Waals surface area contributed by atoms with Crippen molar-refractivity contribution in [2.75, 3.05) is 6.54 Å². The van der Waals surface area contributed by atoms with E-state index in [1.807, 2.05) is 13.0 Å². The highest BCUT2D eigenvalue weighted by Gasteiger charge is 2.15. The van der Waals surface area contributed by atoms with E-state index in [1.54, 1.807) is 6.07 Å². The zero-order valence-electron chi connectivity index (χ0n) is 12.4. The minimum Gasteiger partial charge on any atom is -0.307 e. The molecule has 0 saturated carbocycles. The van der Waals surface area contributed by atoms with E-state index in [0.29, 0.717) is 0 Å². The standard InChI is InChI=1S/C18H22FN/c1-4-14-6-8-15(9-7-14)18(20-5-2)17-11-10-16(19)12-13(17)3/h6-12,18,20H,4-5H2,1-3H3. The minimum absolute atomic E-state index is 0.117. The quantitative estimate of drug-likeness (QED) is 0.850. The van der Waals surface area contributed by atoms with Gasteiger partial charge in [-0.15, -0.1) is 0 Å². The van der Waals surface area contributed by atoms with Crippen LogP contribution in [0, 0.1) is 12.7 Å². The average molecular weight is 271 g/mol. The van der Waals surface area contributed by atoms with Crippen LogP contribution in [0.4, 0.5) is 4.39 Å². The van der Waals surface area contributed by atoms with Crippen LogP contribution in [-0.2, 0) is 6.42 Å². The Hall–Kier alpha value is -1.67. The number of nitrogens with one attached hydrogen (secondary N) is 1. The Morgan fingerprint density at radius 2 is 1.75 bits per heavy atom. The Bertz CT molecular complexity index is 560. The summed E-state index contributed by atoms with van der Waals surface area (Å²) in [6.07, 6.45) is 1.04. The van der Waals surface area contributed by atoms with Crippen LogP contribution in [0.5, 0.6) is 0 Å². The molecule has 0 aromatic heterocycles. The summed E-state index contributed by atoms with van der Waals surface area (Å²) in [7, 11) is 0. The minimum atomic E-state index is -0.178. The number of rotatable bonds is 5. The predicted octanol–water partition coefficient (Wildman–Crippen LogP) is 4.40. The van der Waals surface area contributed by atoms with Gasteiger partial charge in [0, 0.05) is 0 Å². The zero-order valence-corrected chi connectivity index (χ0v) is 12.4. The van der Waals surface area contributed by atoms with Crippen molar-refractivity contribution in [2.45, 2.75) is 33.2 Å². The van der Waals surface area contributed by atoms with E-state index in [-0.39, 0.29) is 11.9 Å². The molecule has 106 valence electrons. The molecule has 1 nitrogen and oxygen atoms in total. The zero-order chi connectivity index (χ0) is 14.5. The Kier molecular flexibility index (Phi) is 4.91. The molecule has 2 aromatic rings. The lowest BCUT2D eigenvalue weighted by atomic mass is 9.94. The summed E-state index contributed by atoms with van der Waals surface area (Å²) in [4.78, 5) is 0. The van der Waals surface area contributed by atoms with Crippen molar-refractivity contribution in [3.63, 3.8) is 0 Å².